The molecule has 2 aliphatic rings. The van der Waals surface area contributed by atoms with Crippen molar-refractivity contribution in [1.82, 2.24) is 4.90 Å². The van der Waals surface area contributed by atoms with Crippen molar-refractivity contribution in [1.29, 1.82) is 0 Å². The minimum Gasteiger partial charge on any atom is -0.497 e. The number of carbonyl (C=O) groups excluding carboxylic acids is 1. The molecule has 0 N–H and O–H groups in total. The second-order valence-electron chi connectivity index (χ2n) is 9.10. The second-order valence-corrected chi connectivity index (χ2v) is 9.10. The minimum atomic E-state index is -0.686. The Morgan fingerprint density at radius 3 is 2.25 bits per heavy atom. The third-order valence-electron chi connectivity index (χ3n) is 6.96. The summed E-state index contributed by atoms with van der Waals surface area (Å²) in [5.74, 6) is 2.44. The molecule has 0 atom stereocenters. The molecule has 2 heterocycles. The van der Waals surface area contributed by atoms with Crippen molar-refractivity contribution in [3.63, 3.8) is 0 Å². The number of methoxy groups -OCH3 is 3. The van der Waals surface area contributed by atoms with Crippen LogP contribution in [0.3, 0.4) is 0 Å². The Labute approximate surface area is 211 Å². The number of fused-ring (bicyclic) bond motifs is 1. The van der Waals surface area contributed by atoms with E-state index in [4.69, 9.17) is 23.7 Å². The van der Waals surface area contributed by atoms with Crippen molar-refractivity contribution in [3.8, 4) is 34.1 Å². The van der Waals surface area contributed by atoms with Gasteiger partial charge in [-0.15, -0.1) is 0 Å². The molecule has 1 fully saturated rings. The van der Waals surface area contributed by atoms with Crippen molar-refractivity contribution >= 4 is 5.91 Å². The molecule has 0 unspecified atom stereocenters. The fourth-order valence-corrected chi connectivity index (χ4v) is 4.80. The van der Waals surface area contributed by atoms with Crippen molar-refractivity contribution in [2.24, 2.45) is 0 Å². The van der Waals surface area contributed by atoms with Crippen LogP contribution in [-0.2, 0) is 22.6 Å². The Bertz CT molecular complexity index is 1230. The van der Waals surface area contributed by atoms with Gasteiger partial charge in [0.15, 0.2) is 11.5 Å². The highest BCUT2D eigenvalue weighted by atomic mass is 16.7. The summed E-state index contributed by atoms with van der Waals surface area (Å²) in [7, 11) is 4.89. The molecule has 3 aromatic rings. The van der Waals surface area contributed by atoms with E-state index in [1.54, 1.807) is 21.3 Å². The number of hydrogen-bond donors (Lipinski definition) is 0. The number of nitrogens with zero attached hydrogens (tertiary/aromatic N) is 1. The van der Waals surface area contributed by atoms with E-state index in [0.29, 0.717) is 50.5 Å². The van der Waals surface area contributed by atoms with Crippen LogP contribution >= 0.6 is 0 Å². The Balaban J connectivity index is 1.22. The Morgan fingerprint density at radius 2 is 1.56 bits per heavy atom. The number of piperidine rings is 1. The maximum absolute atomic E-state index is 12.8. The molecular formula is C29H31NO6. The van der Waals surface area contributed by atoms with Gasteiger partial charge in [-0.25, -0.2) is 0 Å². The van der Waals surface area contributed by atoms with Gasteiger partial charge in [-0.3, -0.25) is 4.79 Å². The molecule has 0 aromatic heterocycles. The second kappa shape index (κ2) is 10.1. The molecule has 7 heteroatoms. The fourth-order valence-electron chi connectivity index (χ4n) is 4.80. The van der Waals surface area contributed by atoms with Crippen LogP contribution in [-0.4, -0.2) is 51.0 Å². The summed E-state index contributed by atoms with van der Waals surface area (Å²) in [6.45, 7) is 1.68. The summed E-state index contributed by atoms with van der Waals surface area (Å²) in [5.41, 5.74) is 4.06. The average molecular weight is 490 g/mol. The smallest absolute Gasteiger partial charge is 0.226 e. The van der Waals surface area contributed by atoms with Gasteiger partial charge in [0.05, 0.1) is 34.4 Å². The molecular weight excluding hydrogens is 458 g/mol. The van der Waals surface area contributed by atoms with Crippen LogP contribution in [0.1, 0.15) is 24.0 Å². The molecule has 0 saturated carbocycles. The maximum atomic E-state index is 12.8. The molecule has 188 valence electrons. The summed E-state index contributed by atoms with van der Waals surface area (Å²) >= 11 is 0. The number of likely N-dealkylation sites (tertiary alicyclic amines) is 1. The number of rotatable bonds is 6. The lowest BCUT2D eigenvalue weighted by atomic mass is 9.98. The SMILES string of the molecule is COc1ccc(CC(=O)N2CCC3(CC2)OCc2cc(-c4ccc(OC)c(OC)c4)ccc2O3)cc1. The van der Waals surface area contributed by atoms with E-state index >= 15 is 0 Å². The monoisotopic (exact) mass is 489 g/mol. The molecule has 5 rings (SSSR count). The van der Waals surface area contributed by atoms with E-state index in [9.17, 15) is 4.79 Å². The fraction of sp³-hybridized carbons (Fsp3) is 0.345. The number of amides is 1. The summed E-state index contributed by atoms with van der Waals surface area (Å²) in [6.07, 6.45) is 1.65. The lowest BCUT2D eigenvalue weighted by molar-refractivity contribution is -0.227. The van der Waals surface area contributed by atoms with E-state index in [0.717, 1.165) is 33.8 Å². The topological polar surface area (TPSA) is 66.5 Å². The van der Waals surface area contributed by atoms with E-state index in [1.165, 1.54) is 0 Å². The first-order valence-corrected chi connectivity index (χ1v) is 12.1. The number of carbonyl (C=O) groups is 1. The predicted octanol–water partition coefficient (Wildman–Crippen LogP) is 4.85. The van der Waals surface area contributed by atoms with Crippen molar-refractivity contribution in [2.75, 3.05) is 34.4 Å². The number of hydrogen-bond acceptors (Lipinski definition) is 6. The van der Waals surface area contributed by atoms with Crippen LogP contribution < -0.4 is 18.9 Å². The predicted molar refractivity (Wildman–Crippen MR) is 136 cm³/mol. The average Bonchev–Trinajstić information content (AvgIpc) is 2.93. The molecule has 7 nitrogen and oxygen atoms in total. The molecule has 36 heavy (non-hydrogen) atoms. The molecule has 2 aliphatic heterocycles. The highest BCUT2D eigenvalue weighted by molar-refractivity contribution is 5.79. The van der Waals surface area contributed by atoms with E-state index in [1.807, 2.05) is 59.5 Å². The summed E-state index contributed by atoms with van der Waals surface area (Å²) < 4.78 is 28.6. The molecule has 1 amide bonds. The molecule has 1 spiro atoms. The van der Waals surface area contributed by atoms with Gasteiger partial charge in [-0.1, -0.05) is 24.3 Å². The molecule has 3 aromatic carbocycles. The van der Waals surface area contributed by atoms with Crippen molar-refractivity contribution in [3.05, 3.63) is 71.8 Å². The van der Waals surface area contributed by atoms with Crippen molar-refractivity contribution < 1.29 is 28.5 Å². The quantitative estimate of drug-likeness (QED) is 0.493. The molecule has 0 bridgehead atoms. The summed E-state index contributed by atoms with van der Waals surface area (Å²) in [4.78, 5) is 14.7. The van der Waals surface area contributed by atoms with Crippen LogP contribution in [0.2, 0.25) is 0 Å². The van der Waals surface area contributed by atoms with Gasteiger partial charge < -0.3 is 28.6 Å². The van der Waals surface area contributed by atoms with E-state index in [-0.39, 0.29) is 5.91 Å². The van der Waals surface area contributed by atoms with Crippen LogP contribution in [0, 0.1) is 0 Å². The zero-order valence-electron chi connectivity index (χ0n) is 20.9. The van der Waals surface area contributed by atoms with Crippen molar-refractivity contribution in [2.45, 2.75) is 31.7 Å². The minimum absolute atomic E-state index is 0.116. The van der Waals surface area contributed by atoms with Gasteiger partial charge >= 0.3 is 0 Å². The largest absolute Gasteiger partial charge is 0.497 e. The zero-order valence-corrected chi connectivity index (χ0v) is 20.9. The lowest BCUT2D eigenvalue weighted by Crippen LogP contribution is -2.52. The third-order valence-corrected chi connectivity index (χ3v) is 6.96. The Morgan fingerprint density at radius 1 is 0.861 bits per heavy atom. The van der Waals surface area contributed by atoms with Gasteiger partial charge in [-0.05, 0) is 53.1 Å². The van der Waals surface area contributed by atoms with Gasteiger partial charge in [-0.2, -0.15) is 0 Å². The van der Waals surface area contributed by atoms with Gasteiger partial charge in [0.1, 0.15) is 11.5 Å². The van der Waals surface area contributed by atoms with Crippen LogP contribution in [0.15, 0.2) is 60.7 Å². The Hall–Kier alpha value is -3.71. The normalized spacial score (nSPS) is 16.1. The highest BCUT2D eigenvalue weighted by Gasteiger charge is 2.41. The standard InChI is InChI=1S/C29H31NO6/c1-32-24-8-4-20(5-9-24)16-28(31)30-14-12-29(13-15-30)35-19-23-17-21(6-10-25(23)36-29)22-7-11-26(33-2)27(18-22)34-3/h4-11,17-18H,12-16,19H2,1-3H3. The molecule has 0 aliphatic carbocycles. The van der Waals surface area contributed by atoms with Gasteiger partial charge in [0.25, 0.3) is 0 Å². The summed E-state index contributed by atoms with van der Waals surface area (Å²) in [5, 5.41) is 0. The van der Waals surface area contributed by atoms with Crippen LogP contribution in [0.25, 0.3) is 11.1 Å². The maximum Gasteiger partial charge on any atom is 0.226 e. The first-order chi connectivity index (χ1) is 17.5. The zero-order chi connectivity index (χ0) is 25.1. The van der Waals surface area contributed by atoms with Crippen LogP contribution in [0.5, 0.6) is 23.0 Å². The third kappa shape index (κ3) is 4.84. The van der Waals surface area contributed by atoms with E-state index in [2.05, 4.69) is 6.07 Å². The van der Waals surface area contributed by atoms with Gasteiger partial charge in [0, 0.05) is 31.5 Å². The van der Waals surface area contributed by atoms with E-state index < -0.39 is 5.79 Å². The number of ether oxygens (including phenoxy) is 5. The number of benzene rings is 3. The Kier molecular flexibility index (Phi) is 6.74. The highest BCUT2D eigenvalue weighted by Crippen LogP contribution is 2.40. The van der Waals surface area contributed by atoms with Gasteiger partial charge in [0.2, 0.25) is 11.7 Å². The molecule has 0 radical (unpaired) electrons. The molecule has 1 saturated heterocycles. The first kappa shape index (κ1) is 24.0. The lowest BCUT2D eigenvalue weighted by Gasteiger charge is -2.44. The van der Waals surface area contributed by atoms with Crippen LogP contribution in [0.4, 0.5) is 0 Å². The first-order valence-electron chi connectivity index (χ1n) is 12.1. The summed E-state index contributed by atoms with van der Waals surface area (Å²) in [6, 6.07) is 19.7.